The first kappa shape index (κ1) is 15.6. The molecule has 1 N–H and O–H groups in total. The van der Waals surface area contributed by atoms with Crippen LogP contribution in [0, 0.1) is 24.7 Å². The van der Waals surface area contributed by atoms with Crippen LogP contribution in [0.5, 0.6) is 0 Å². The Bertz CT molecular complexity index is 581. The van der Waals surface area contributed by atoms with Gasteiger partial charge in [0, 0.05) is 18.2 Å². The second-order valence-electron chi connectivity index (χ2n) is 5.96. The van der Waals surface area contributed by atoms with E-state index in [0.29, 0.717) is 23.1 Å². The van der Waals surface area contributed by atoms with Gasteiger partial charge in [0.2, 0.25) is 0 Å². The highest BCUT2D eigenvalue weighted by Gasteiger charge is 2.32. The number of aliphatic hydroxyl groups is 1. The second kappa shape index (κ2) is 6.78. The molecule has 1 amide bonds. The van der Waals surface area contributed by atoms with Crippen molar-refractivity contribution in [3.8, 4) is 11.8 Å². The molecule has 0 saturated carbocycles. The van der Waals surface area contributed by atoms with E-state index in [0.717, 1.165) is 24.9 Å². The molecule has 1 aromatic carbocycles. The zero-order valence-electron chi connectivity index (χ0n) is 13.0. The van der Waals surface area contributed by atoms with Gasteiger partial charge in [-0.15, -0.1) is 0 Å². The van der Waals surface area contributed by atoms with Crippen LogP contribution in [0.15, 0.2) is 18.2 Å². The van der Waals surface area contributed by atoms with E-state index in [9.17, 15) is 4.79 Å². The quantitative estimate of drug-likeness (QED) is 0.849. The standard InChI is InChI=1S/C18H23NO2/c1-13(2)17-7-4-10-19(17)18(21)16-12-14(3)8-9-15(16)6-5-11-20/h8-9,12-13,17,20H,4,7,10-11H2,1-3H3. The first-order chi connectivity index (χ1) is 10.0. The van der Waals surface area contributed by atoms with E-state index in [2.05, 4.69) is 25.7 Å². The SMILES string of the molecule is Cc1ccc(C#CCO)c(C(=O)N2CCCC2C(C)C)c1. The molecule has 1 fully saturated rings. The van der Waals surface area contributed by atoms with Crippen LogP contribution in [0.4, 0.5) is 0 Å². The zero-order chi connectivity index (χ0) is 15.4. The van der Waals surface area contributed by atoms with Gasteiger partial charge < -0.3 is 10.0 Å². The third-order valence-corrected chi connectivity index (χ3v) is 4.04. The van der Waals surface area contributed by atoms with Crippen molar-refractivity contribution in [3.05, 3.63) is 34.9 Å². The molecule has 0 radical (unpaired) electrons. The van der Waals surface area contributed by atoms with Crippen LogP contribution in [0.25, 0.3) is 0 Å². The lowest BCUT2D eigenvalue weighted by atomic mass is 9.99. The fourth-order valence-corrected chi connectivity index (χ4v) is 2.97. The number of amides is 1. The summed E-state index contributed by atoms with van der Waals surface area (Å²) in [5.74, 6) is 6.06. The number of nitrogens with zero attached hydrogens (tertiary/aromatic N) is 1. The highest BCUT2D eigenvalue weighted by atomic mass is 16.2. The normalized spacial score (nSPS) is 17.8. The first-order valence-electron chi connectivity index (χ1n) is 7.56. The molecular formula is C18H23NO2. The molecule has 21 heavy (non-hydrogen) atoms. The van der Waals surface area contributed by atoms with E-state index in [4.69, 9.17) is 5.11 Å². The van der Waals surface area contributed by atoms with Gasteiger partial charge in [-0.2, -0.15) is 0 Å². The second-order valence-corrected chi connectivity index (χ2v) is 5.96. The Morgan fingerprint density at radius 1 is 1.48 bits per heavy atom. The van der Waals surface area contributed by atoms with Crippen LogP contribution in [-0.2, 0) is 0 Å². The Balaban J connectivity index is 2.36. The Hall–Kier alpha value is -1.79. The van der Waals surface area contributed by atoms with Crippen molar-refractivity contribution < 1.29 is 9.90 Å². The minimum absolute atomic E-state index is 0.0668. The van der Waals surface area contributed by atoms with E-state index < -0.39 is 0 Å². The summed E-state index contributed by atoms with van der Waals surface area (Å²) in [6, 6.07) is 6.03. The number of carbonyl (C=O) groups excluding carboxylic acids is 1. The minimum atomic E-state index is -0.195. The van der Waals surface area contributed by atoms with Crippen LogP contribution in [-0.4, -0.2) is 35.1 Å². The fourth-order valence-electron chi connectivity index (χ4n) is 2.97. The summed E-state index contributed by atoms with van der Waals surface area (Å²) in [6.07, 6.45) is 2.14. The van der Waals surface area contributed by atoms with Crippen molar-refractivity contribution in [1.82, 2.24) is 4.90 Å². The van der Waals surface area contributed by atoms with Gasteiger partial charge in [0.05, 0.1) is 5.56 Å². The van der Waals surface area contributed by atoms with Crippen molar-refractivity contribution in [2.24, 2.45) is 5.92 Å². The van der Waals surface area contributed by atoms with E-state index in [1.807, 2.05) is 30.0 Å². The summed E-state index contributed by atoms with van der Waals surface area (Å²) in [5.41, 5.74) is 2.41. The van der Waals surface area contributed by atoms with Gasteiger partial charge >= 0.3 is 0 Å². The Labute approximate surface area is 127 Å². The number of rotatable bonds is 2. The monoisotopic (exact) mass is 285 g/mol. The van der Waals surface area contributed by atoms with Gasteiger partial charge in [0.1, 0.15) is 6.61 Å². The molecule has 0 aliphatic carbocycles. The van der Waals surface area contributed by atoms with Gasteiger partial charge in [-0.25, -0.2) is 0 Å². The molecule has 1 heterocycles. The van der Waals surface area contributed by atoms with Crippen LogP contribution < -0.4 is 0 Å². The van der Waals surface area contributed by atoms with Gasteiger partial charge in [0.15, 0.2) is 0 Å². The Morgan fingerprint density at radius 2 is 2.24 bits per heavy atom. The predicted molar refractivity (Wildman–Crippen MR) is 84.0 cm³/mol. The molecule has 0 bridgehead atoms. The lowest BCUT2D eigenvalue weighted by Gasteiger charge is -2.28. The van der Waals surface area contributed by atoms with Crippen molar-refractivity contribution in [3.63, 3.8) is 0 Å². The zero-order valence-corrected chi connectivity index (χ0v) is 13.0. The van der Waals surface area contributed by atoms with Crippen molar-refractivity contribution in [2.45, 2.75) is 39.7 Å². The lowest BCUT2D eigenvalue weighted by Crippen LogP contribution is -2.38. The van der Waals surface area contributed by atoms with Gasteiger partial charge in [-0.05, 0) is 37.8 Å². The van der Waals surface area contributed by atoms with Crippen LogP contribution in [0.1, 0.15) is 48.2 Å². The summed E-state index contributed by atoms with van der Waals surface area (Å²) in [7, 11) is 0. The molecular weight excluding hydrogens is 262 g/mol. The third-order valence-electron chi connectivity index (χ3n) is 4.04. The largest absolute Gasteiger partial charge is 0.384 e. The summed E-state index contributed by atoms with van der Waals surface area (Å²) in [6.45, 7) is 6.93. The van der Waals surface area contributed by atoms with E-state index >= 15 is 0 Å². The number of likely N-dealkylation sites (tertiary alicyclic amines) is 1. The van der Waals surface area contributed by atoms with Gasteiger partial charge in [-0.1, -0.05) is 37.3 Å². The van der Waals surface area contributed by atoms with Crippen molar-refractivity contribution in [1.29, 1.82) is 0 Å². The predicted octanol–water partition coefficient (Wildman–Crippen LogP) is 2.60. The molecule has 0 aromatic heterocycles. The lowest BCUT2D eigenvalue weighted by molar-refractivity contribution is 0.0701. The van der Waals surface area contributed by atoms with E-state index in [1.54, 1.807) is 0 Å². The molecule has 1 aliphatic rings. The summed E-state index contributed by atoms with van der Waals surface area (Å²) in [5, 5.41) is 8.87. The van der Waals surface area contributed by atoms with Crippen LogP contribution >= 0.6 is 0 Å². The highest BCUT2D eigenvalue weighted by molar-refractivity contribution is 5.97. The Morgan fingerprint density at radius 3 is 2.90 bits per heavy atom. The minimum Gasteiger partial charge on any atom is -0.384 e. The third kappa shape index (κ3) is 3.46. The first-order valence-corrected chi connectivity index (χ1v) is 7.56. The van der Waals surface area contributed by atoms with E-state index in [-0.39, 0.29) is 12.5 Å². The van der Waals surface area contributed by atoms with E-state index in [1.165, 1.54) is 0 Å². The number of aliphatic hydroxyl groups excluding tert-OH is 1. The molecule has 1 aromatic rings. The fraction of sp³-hybridized carbons (Fsp3) is 0.500. The van der Waals surface area contributed by atoms with Gasteiger partial charge in [-0.3, -0.25) is 4.79 Å². The Kier molecular flexibility index (Phi) is 5.03. The van der Waals surface area contributed by atoms with Crippen LogP contribution in [0.3, 0.4) is 0 Å². The highest BCUT2D eigenvalue weighted by Crippen LogP contribution is 2.26. The van der Waals surface area contributed by atoms with Crippen molar-refractivity contribution >= 4 is 5.91 Å². The summed E-state index contributed by atoms with van der Waals surface area (Å²) in [4.78, 5) is 14.9. The van der Waals surface area contributed by atoms with Crippen molar-refractivity contribution in [2.75, 3.05) is 13.2 Å². The smallest absolute Gasteiger partial charge is 0.255 e. The average molecular weight is 285 g/mol. The maximum atomic E-state index is 12.9. The molecule has 2 rings (SSSR count). The number of benzene rings is 1. The maximum Gasteiger partial charge on any atom is 0.255 e. The molecule has 1 saturated heterocycles. The number of hydrogen-bond donors (Lipinski definition) is 1. The molecule has 3 heteroatoms. The molecule has 0 spiro atoms. The molecule has 1 atom stereocenters. The number of carbonyl (C=O) groups is 1. The molecule has 1 unspecified atom stereocenters. The summed E-state index contributed by atoms with van der Waals surface area (Å²) >= 11 is 0. The molecule has 112 valence electrons. The van der Waals surface area contributed by atoms with Crippen LogP contribution in [0.2, 0.25) is 0 Å². The maximum absolute atomic E-state index is 12.9. The summed E-state index contributed by atoms with van der Waals surface area (Å²) < 4.78 is 0. The number of hydrogen-bond acceptors (Lipinski definition) is 2. The number of aryl methyl sites for hydroxylation is 1. The molecule has 1 aliphatic heterocycles. The van der Waals surface area contributed by atoms with Gasteiger partial charge in [0.25, 0.3) is 5.91 Å². The average Bonchev–Trinajstić information content (AvgIpc) is 2.94. The topological polar surface area (TPSA) is 40.5 Å². The molecule has 3 nitrogen and oxygen atoms in total.